The van der Waals surface area contributed by atoms with Gasteiger partial charge in [0.2, 0.25) is 5.91 Å². The van der Waals surface area contributed by atoms with E-state index in [1.165, 1.54) is 11.1 Å². The quantitative estimate of drug-likeness (QED) is 0.314. The molecule has 0 bridgehead atoms. The van der Waals surface area contributed by atoms with Crippen molar-refractivity contribution in [1.82, 2.24) is 15.1 Å². The zero-order valence-electron chi connectivity index (χ0n) is 16.9. The Morgan fingerprint density at radius 3 is 2.85 bits per heavy atom. The highest BCUT2D eigenvalue weighted by molar-refractivity contribution is 5.80. The van der Waals surface area contributed by atoms with Crippen LogP contribution in [0.5, 0.6) is 0 Å². The van der Waals surface area contributed by atoms with E-state index in [0.29, 0.717) is 13.0 Å². The van der Waals surface area contributed by atoms with Gasteiger partial charge in [-0.3, -0.25) is 9.79 Å². The Balaban J connectivity index is 1.77. The van der Waals surface area contributed by atoms with Crippen molar-refractivity contribution in [3.8, 4) is 0 Å². The van der Waals surface area contributed by atoms with Crippen molar-refractivity contribution in [2.45, 2.75) is 45.6 Å². The number of fused-ring (bicyclic) bond motifs is 1. The molecule has 0 unspecified atom stereocenters. The van der Waals surface area contributed by atoms with Gasteiger partial charge >= 0.3 is 0 Å². The summed E-state index contributed by atoms with van der Waals surface area (Å²) in [4.78, 5) is 21.3. The molecule has 0 radical (unpaired) electrons. The van der Waals surface area contributed by atoms with Gasteiger partial charge in [0.25, 0.3) is 0 Å². The number of carbonyl (C=O) groups is 1. The number of carbonyl (C=O) groups excluding carboxylic acids is 1. The SMILES string of the molecule is C=CCCCN(C)C(=NCCCC(=O)N1CCc2ccccc2C1)NCC. The summed E-state index contributed by atoms with van der Waals surface area (Å²) in [6, 6.07) is 8.42. The van der Waals surface area contributed by atoms with E-state index in [1.54, 1.807) is 0 Å². The third kappa shape index (κ3) is 6.74. The average molecular weight is 371 g/mol. The van der Waals surface area contributed by atoms with Gasteiger partial charge in [-0.15, -0.1) is 6.58 Å². The lowest BCUT2D eigenvalue weighted by molar-refractivity contribution is -0.132. The standard InChI is InChI=1S/C22H34N4O/c1-4-6-9-16-25(3)22(23-5-2)24-15-10-13-21(27)26-17-14-19-11-7-8-12-20(19)18-26/h4,7-8,11-12H,1,5-6,9-10,13-18H2,2-3H3,(H,23,24). The number of nitrogens with one attached hydrogen (secondary N) is 1. The Bertz CT molecular complexity index is 641. The highest BCUT2D eigenvalue weighted by atomic mass is 16.2. The second kappa shape index (κ2) is 11.4. The molecule has 1 aromatic rings. The summed E-state index contributed by atoms with van der Waals surface area (Å²) in [7, 11) is 2.06. The normalized spacial score (nSPS) is 13.9. The fraction of sp³-hybridized carbons (Fsp3) is 0.545. The number of hydrogen-bond acceptors (Lipinski definition) is 2. The van der Waals surface area contributed by atoms with E-state index in [1.807, 2.05) is 11.0 Å². The topological polar surface area (TPSA) is 47.9 Å². The van der Waals surface area contributed by atoms with Crippen LogP contribution in [0.2, 0.25) is 0 Å². The Labute approximate surface area is 164 Å². The van der Waals surface area contributed by atoms with Gasteiger partial charge in [-0.25, -0.2) is 0 Å². The Hall–Kier alpha value is -2.30. The maximum absolute atomic E-state index is 12.5. The summed E-state index contributed by atoms with van der Waals surface area (Å²) < 4.78 is 0. The van der Waals surface area contributed by atoms with Crippen molar-refractivity contribution in [1.29, 1.82) is 0 Å². The van der Waals surface area contributed by atoms with Crippen LogP contribution in [0.25, 0.3) is 0 Å². The predicted octanol–water partition coefficient (Wildman–Crippen LogP) is 3.22. The molecule has 0 aliphatic carbocycles. The van der Waals surface area contributed by atoms with Crippen molar-refractivity contribution >= 4 is 11.9 Å². The van der Waals surface area contributed by atoms with Crippen molar-refractivity contribution in [3.63, 3.8) is 0 Å². The molecular weight excluding hydrogens is 336 g/mol. The van der Waals surface area contributed by atoms with Gasteiger partial charge in [0.05, 0.1) is 0 Å². The summed E-state index contributed by atoms with van der Waals surface area (Å²) in [5, 5.41) is 3.33. The number of amides is 1. The highest BCUT2D eigenvalue weighted by Gasteiger charge is 2.19. The van der Waals surface area contributed by atoms with E-state index in [2.05, 4.69) is 60.0 Å². The second-order valence-electron chi connectivity index (χ2n) is 7.03. The van der Waals surface area contributed by atoms with Crippen molar-refractivity contribution < 1.29 is 4.79 Å². The molecular formula is C22H34N4O. The second-order valence-corrected chi connectivity index (χ2v) is 7.03. The molecule has 0 aromatic heterocycles. The Kier molecular flexibility index (Phi) is 8.89. The number of rotatable bonds is 9. The fourth-order valence-corrected chi connectivity index (χ4v) is 3.33. The van der Waals surface area contributed by atoms with Crippen molar-refractivity contribution in [2.75, 3.05) is 33.2 Å². The third-order valence-electron chi connectivity index (χ3n) is 4.89. The number of guanidine groups is 1. The lowest BCUT2D eigenvalue weighted by Gasteiger charge is -2.29. The van der Waals surface area contributed by atoms with Gasteiger partial charge in [0.1, 0.15) is 0 Å². The van der Waals surface area contributed by atoms with Crippen LogP contribution in [0.3, 0.4) is 0 Å². The molecule has 0 spiro atoms. The summed E-state index contributed by atoms with van der Waals surface area (Å²) >= 11 is 0. The first-order valence-electron chi connectivity index (χ1n) is 10.1. The molecule has 1 N–H and O–H groups in total. The van der Waals surface area contributed by atoms with E-state index in [9.17, 15) is 4.79 Å². The van der Waals surface area contributed by atoms with Gasteiger partial charge in [-0.2, -0.15) is 0 Å². The van der Waals surface area contributed by atoms with Gasteiger partial charge in [-0.1, -0.05) is 30.3 Å². The molecule has 27 heavy (non-hydrogen) atoms. The molecule has 1 aromatic carbocycles. The zero-order valence-corrected chi connectivity index (χ0v) is 16.9. The Morgan fingerprint density at radius 2 is 2.11 bits per heavy atom. The summed E-state index contributed by atoms with van der Waals surface area (Å²) in [5.41, 5.74) is 2.66. The zero-order chi connectivity index (χ0) is 19.5. The first-order valence-corrected chi connectivity index (χ1v) is 10.1. The van der Waals surface area contributed by atoms with Crippen LogP contribution in [0, 0.1) is 0 Å². The summed E-state index contributed by atoms with van der Waals surface area (Å²) in [6.45, 7) is 9.87. The minimum atomic E-state index is 0.240. The van der Waals surface area contributed by atoms with E-state index < -0.39 is 0 Å². The van der Waals surface area contributed by atoms with Crippen LogP contribution >= 0.6 is 0 Å². The van der Waals surface area contributed by atoms with Crippen LogP contribution in [-0.2, 0) is 17.8 Å². The monoisotopic (exact) mass is 370 g/mol. The predicted molar refractivity (Wildman–Crippen MR) is 113 cm³/mol. The third-order valence-corrected chi connectivity index (χ3v) is 4.89. The van der Waals surface area contributed by atoms with Crippen LogP contribution in [0.15, 0.2) is 41.9 Å². The molecule has 0 fully saturated rings. The molecule has 2 rings (SSSR count). The van der Waals surface area contributed by atoms with E-state index >= 15 is 0 Å². The maximum atomic E-state index is 12.5. The number of unbranched alkanes of at least 4 members (excludes halogenated alkanes) is 1. The van der Waals surface area contributed by atoms with Gasteiger partial charge in [0.15, 0.2) is 5.96 Å². The molecule has 5 nitrogen and oxygen atoms in total. The van der Waals surface area contributed by atoms with Crippen molar-refractivity contribution in [2.24, 2.45) is 4.99 Å². The van der Waals surface area contributed by atoms with E-state index in [0.717, 1.165) is 57.8 Å². The van der Waals surface area contributed by atoms with Gasteiger partial charge in [-0.05, 0) is 43.7 Å². The minimum Gasteiger partial charge on any atom is -0.357 e. The molecule has 0 atom stereocenters. The minimum absolute atomic E-state index is 0.240. The number of nitrogens with zero attached hydrogens (tertiary/aromatic N) is 3. The molecule has 1 amide bonds. The molecule has 1 aliphatic heterocycles. The summed E-state index contributed by atoms with van der Waals surface area (Å²) in [5.74, 6) is 1.16. The first kappa shape index (κ1) is 21.0. The van der Waals surface area contributed by atoms with Crippen LogP contribution < -0.4 is 5.32 Å². The average Bonchev–Trinajstić information content (AvgIpc) is 2.69. The number of benzene rings is 1. The molecule has 0 saturated carbocycles. The number of allylic oxidation sites excluding steroid dienone is 1. The van der Waals surface area contributed by atoms with E-state index in [-0.39, 0.29) is 5.91 Å². The fourth-order valence-electron chi connectivity index (χ4n) is 3.33. The first-order chi connectivity index (χ1) is 13.2. The van der Waals surface area contributed by atoms with Gasteiger partial charge in [0, 0.05) is 46.2 Å². The van der Waals surface area contributed by atoms with Crippen LogP contribution in [0.4, 0.5) is 0 Å². The molecule has 1 heterocycles. The lowest BCUT2D eigenvalue weighted by Crippen LogP contribution is -2.39. The molecule has 1 aliphatic rings. The smallest absolute Gasteiger partial charge is 0.222 e. The lowest BCUT2D eigenvalue weighted by atomic mass is 9.99. The summed E-state index contributed by atoms with van der Waals surface area (Å²) in [6.07, 6.45) is 6.33. The largest absolute Gasteiger partial charge is 0.357 e. The van der Waals surface area contributed by atoms with Crippen LogP contribution in [-0.4, -0.2) is 54.9 Å². The Morgan fingerprint density at radius 1 is 1.33 bits per heavy atom. The van der Waals surface area contributed by atoms with Crippen LogP contribution in [0.1, 0.15) is 43.7 Å². The van der Waals surface area contributed by atoms with Crippen molar-refractivity contribution in [3.05, 3.63) is 48.0 Å². The number of hydrogen-bond donors (Lipinski definition) is 1. The molecule has 5 heteroatoms. The molecule has 148 valence electrons. The van der Waals surface area contributed by atoms with E-state index in [4.69, 9.17) is 0 Å². The molecule has 0 saturated heterocycles. The highest BCUT2D eigenvalue weighted by Crippen LogP contribution is 2.19. The van der Waals surface area contributed by atoms with Gasteiger partial charge < -0.3 is 15.1 Å². The number of aliphatic imine (C=N–C) groups is 1. The maximum Gasteiger partial charge on any atom is 0.222 e.